The SMILES string of the molecule is CCCc1ccc(C(=O)[C@@H]2[C@@H](C(=O)C(C)(C)C)N3c4ccc(Cl)cc4C=C[C@@H]3[C@@]23C(=O)Nc2ccccc23)cc1. The van der Waals surface area contributed by atoms with Crippen molar-refractivity contribution in [2.45, 2.75) is 58.0 Å². The molecular weight excluding hydrogens is 520 g/mol. The maximum Gasteiger partial charge on any atom is 0.238 e. The highest BCUT2D eigenvalue weighted by Gasteiger charge is 2.70. The Morgan fingerprint density at radius 1 is 1.02 bits per heavy atom. The van der Waals surface area contributed by atoms with Crippen LogP contribution in [0.4, 0.5) is 11.4 Å². The van der Waals surface area contributed by atoms with Crippen LogP contribution in [0.2, 0.25) is 5.02 Å². The largest absolute Gasteiger partial charge is 0.352 e. The zero-order valence-electron chi connectivity index (χ0n) is 23.2. The molecule has 6 heteroatoms. The van der Waals surface area contributed by atoms with Gasteiger partial charge in [-0.25, -0.2) is 0 Å². The number of nitrogens with zero attached hydrogens (tertiary/aromatic N) is 1. The first-order valence-electron chi connectivity index (χ1n) is 13.9. The molecule has 1 saturated heterocycles. The summed E-state index contributed by atoms with van der Waals surface area (Å²) in [7, 11) is 0. The van der Waals surface area contributed by atoms with Crippen LogP contribution < -0.4 is 10.2 Å². The Balaban J connectivity index is 1.64. The van der Waals surface area contributed by atoms with Crippen LogP contribution in [0.1, 0.15) is 61.2 Å². The zero-order chi connectivity index (χ0) is 28.4. The van der Waals surface area contributed by atoms with Gasteiger partial charge in [-0.15, -0.1) is 0 Å². The molecular formula is C34H33ClN2O3. The molecule has 6 rings (SSSR count). The standard InChI is InChI=1S/C34H33ClN2O3/c1-5-8-20-11-13-21(14-12-20)30(38)28-29(31(39)33(2,3)4)37-26-17-16-23(35)19-22(26)15-18-27(37)34(28)24-9-6-7-10-25(24)36-32(34)40/h6-7,9-19,27-29H,5,8H2,1-4H3,(H,36,40)/t27-,28+,29+,34-/m1/s1. The minimum atomic E-state index is -1.30. The number of carbonyl (C=O) groups is 3. The molecule has 3 aromatic carbocycles. The van der Waals surface area contributed by atoms with Crippen LogP contribution >= 0.6 is 11.6 Å². The molecule has 1 fully saturated rings. The normalized spacial score (nSPS) is 24.5. The molecule has 1 spiro atoms. The highest BCUT2D eigenvalue weighted by Crippen LogP contribution is 2.58. The second-order valence-corrected chi connectivity index (χ2v) is 12.6. The fraction of sp³-hybridized carbons (Fsp3) is 0.324. The number of Topliss-reactive ketones (excluding diaryl/α,β-unsaturated/α-hetero) is 2. The number of carbonyl (C=O) groups excluding carboxylic acids is 3. The third-order valence-electron chi connectivity index (χ3n) is 8.66. The number of ketones is 2. The minimum absolute atomic E-state index is 0.0799. The van der Waals surface area contributed by atoms with E-state index in [1.54, 1.807) is 6.07 Å². The quantitative estimate of drug-likeness (QED) is 0.350. The molecule has 40 heavy (non-hydrogen) atoms. The molecule has 0 bridgehead atoms. The number of hydrogen-bond donors (Lipinski definition) is 1. The Morgan fingerprint density at radius 2 is 1.75 bits per heavy atom. The van der Waals surface area contributed by atoms with Gasteiger partial charge in [0.25, 0.3) is 0 Å². The van der Waals surface area contributed by atoms with E-state index in [1.807, 2.05) is 98.5 Å². The predicted molar refractivity (Wildman–Crippen MR) is 160 cm³/mol. The average Bonchev–Trinajstić information content (AvgIpc) is 3.40. The summed E-state index contributed by atoms with van der Waals surface area (Å²) in [6.07, 6.45) is 5.86. The van der Waals surface area contributed by atoms with E-state index in [1.165, 1.54) is 0 Å². The van der Waals surface area contributed by atoms with Gasteiger partial charge in [-0.1, -0.05) is 100 Å². The van der Waals surface area contributed by atoms with Crippen LogP contribution in [0.25, 0.3) is 6.08 Å². The van der Waals surface area contributed by atoms with Gasteiger partial charge in [-0.3, -0.25) is 14.4 Å². The molecule has 0 unspecified atom stereocenters. The molecule has 0 radical (unpaired) electrons. The molecule has 4 atom stereocenters. The highest BCUT2D eigenvalue weighted by molar-refractivity contribution is 6.31. The Bertz CT molecular complexity index is 1570. The number of rotatable bonds is 5. The van der Waals surface area contributed by atoms with Crippen molar-refractivity contribution in [1.29, 1.82) is 0 Å². The molecule has 3 aromatic rings. The van der Waals surface area contributed by atoms with Gasteiger partial charge in [-0.05, 0) is 47.4 Å². The first kappa shape index (κ1) is 26.5. The predicted octanol–water partition coefficient (Wildman–Crippen LogP) is 6.88. The molecule has 1 amide bonds. The number of aryl methyl sites for hydroxylation is 1. The first-order valence-corrected chi connectivity index (χ1v) is 14.3. The summed E-state index contributed by atoms with van der Waals surface area (Å²) in [5.41, 5.74) is 2.69. The maximum atomic E-state index is 14.8. The number of hydrogen-bond acceptors (Lipinski definition) is 4. The van der Waals surface area contributed by atoms with Gasteiger partial charge in [0, 0.05) is 27.4 Å². The summed E-state index contributed by atoms with van der Waals surface area (Å²) in [4.78, 5) is 45.6. The van der Waals surface area contributed by atoms with Gasteiger partial charge in [0.05, 0.1) is 12.0 Å². The minimum Gasteiger partial charge on any atom is -0.352 e. The Morgan fingerprint density at radius 3 is 2.45 bits per heavy atom. The maximum absolute atomic E-state index is 14.8. The lowest BCUT2D eigenvalue weighted by Gasteiger charge is -2.38. The number of benzene rings is 3. The Hall–Kier alpha value is -3.70. The smallest absolute Gasteiger partial charge is 0.238 e. The monoisotopic (exact) mass is 552 g/mol. The fourth-order valence-electron chi connectivity index (χ4n) is 6.90. The van der Waals surface area contributed by atoms with E-state index in [4.69, 9.17) is 11.6 Å². The number of para-hydroxylation sites is 1. The second kappa shape index (κ2) is 9.45. The summed E-state index contributed by atoms with van der Waals surface area (Å²) >= 11 is 6.36. The summed E-state index contributed by atoms with van der Waals surface area (Å²) < 4.78 is 0. The lowest BCUT2D eigenvalue weighted by atomic mass is 9.63. The van der Waals surface area contributed by atoms with Crippen LogP contribution in [0, 0.1) is 11.3 Å². The van der Waals surface area contributed by atoms with Crippen molar-refractivity contribution in [2.75, 3.05) is 10.2 Å². The summed E-state index contributed by atoms with van der Waals surface area (Å²) in [5, 5.41) is 3.65. The van der Waals surface area contributed by atoms with E-state index in [0.717, 1.165) is 35.2 Å². The number of nitrogens with one attached hydrogen (secondary N) is 1. The first-order chi connectivity index (χ1) is 19.1. The van der Waals surface area contributed by atoms with Crippen molar-refractivity contribution in [2.24, 2.45) is 11.3 Å². The van der Waals surface area contributed by atoms with Crippen LogP contribution in [0.15, 0.2) is 72.8 Å². The van der Waals surface area contributed by atoms with E-state index >= 15 is 0 Å². The lowest BCUT2D eigenvalue weighted by Crippen LogP contribution is -2.51. The van der Waals surface area contributed by atoms with Gasteiger partial charge in [0.15, 0.2) is 11.6 Å². The Kier molecular flexibility index (Phi) is 6.26. The van der Waals surface area contributed by atoms with E-state index in [9.17, 15) is 14.4 Å². The molecule has 3 aliphatic rings. The third kappa shape index (κ3) is 3.78. The van der Waals surface area contributed by atoms with Gasteiger partial charge >= 0.3 is 0 Å². The van der Waals surface area contributed by atoms with Crippen molar-refractivity contribution in [1.82, 2.24) is 0 Å². The fourth-order valence-corrected chi connectivity index (χ4v) is 7.08. The van der Waals surface area contributed by atoms with Crippen LogP contribution in [0.3, 0.4) is 0 Å². The number of anilines is 2. The lowest BCUT2D eigenvalue weighted by molar-refractivity contribution is -0.128. The summed E-state index contributed by atoms with van der Waals surface area (Å²) in [5.74, 6) is -1.48. The van der Waals surface area contributed by atoms with Crippen molar-refractivity contribution >= 4 is 46.5 Å². The van der Waals surface area contributed by atoms with Crippen molar-refractivity contribution in [3.8, 4) is 0 Å². The second-order valence-electron chi connectivity index (χ2n) is 12.1. The zero-order valence-corrected chi connectivity index (χ0v) is 24.0. The Labute approximate surface area is 240 Å². The topological polar surface area (TPSA) is 66.5 Å². The van der Waals surface area contributed by atoms with Crippen LogP contribution in [0.5, 0.6) is 0 Å². The molecule has 0 saturated carbocycles. The molecule has 5 nitrogen and oxygen atoms in total. The van der Waals surface area contributed by atoms with Crippen molar-refractivity contribution < 1.29 is 14.4 Å². The van der Waals surface area contributed by atoms with E-state index in [0.29, 0.717) is 16.3 Å². The van der Waals surface area contributed by atoms with Crippen molar-refractivity contribution in [3.63, 3.8) is 0 Å². The molecule has 1 N–H and O–H groups in total. The molecule has 3 heterocycles. The van der Waals surface area contributed by atoms with Gasteiger partial charge in [-0.2, -0.15) is 0 Å². The molecule has 3 aliphatic heterocycles. The van der Waals surface area contributed by atoms with Crippen LogP contribution in [-0.2, 0) is 21.4 Å². The van der Waals surface area contributed by atoms with Gasteiger partial charge in [0.2, 0.25) is 5.91 Å². The summed E-state index contributed by atoms with van der Waals surface area (Å²) in [6.45, 7) is 7.75. The van der Waals surface area contributed by atoms with E-state index < -0.39 is 28.8 Å². The molecule has 204 valence electrons. The number of amides is 1. The third-order valence-corrected chi connectivity index (χ3v) is 8.90. The number of halogens is 1. The average molecular weight is 553 g/mol. The highest BCUT2D eigenvalue weighted by atomic mass is 35.5. The van der Waals surface area contributed by atoms with Crippen LogP contribution in [-0.4, -0.2) is 29.6 Å². The molecule has 0 aromatic heterocycles. The van der Waals surface area contributed by atoms with E-state index in [-0.39, 0.29) is 17.5 Å². The summed E-state index contributed by atoms with van der Waals surface area (Å²) in [6, 6.07) is 19.4. The van der Waals surface area contributed by atoms with Gasteiger partial charge in [0.1, 0.15) is 11.5 Å². The van der Waals surface area contributed by atoms with Gasteiger partial charge < -0.3 is 10.2 Å². The number of fused-ring (bicyclic) bond motifs is 6. The van der Waals surface area contributed by atoms with E-state index in [2.05, 4.69) is 12.2 Å². The van der Waals surface area contributed by atoms with Crippen molar-refractivity contribution in [3.05, 3.63) is 100 Å². The molecule has 0 aliphatic carbocycles.